The highest BCUT2D eigenvalue weighted by Gasteiger charge is 2.31. The standard InChI is InChI=1S/C19H22N4O2/c1-19(2,22-18(24)25-3)17-12-7-5-4-6-11(12)16-13-10-20-23-14(13)8-9-15(16)21-17/h8-10H,4-7H2,1-3H3,(H,20,23)(H,22,24). The molecule has 2 heterocycles. The third-order valence-corrected chi connectivity index (χ3v) is 5.08. The van der Waals surface area contributed by atoms with E-state index >= 15 is 0 Å². The van der Waals surface area contributed by atoms with Gasteiger partial charge in [-0.1, -0.05) is 0 Å². The van der Waals surface area contributed by atoms with Crippen LogP contribution in [0, 0.1) is 0 Å². The summed E-state index contributed by atoms with van der Waals surface area (Å²) >= 11 is 0. The van der Waals surface area contributed by atoms with Gasteiger partial charge in [0, 0.05) is 10.8 Å². The number of aromatic amines is 1. The summed E-state index contributed by atoms with van der Waals surface area (Å²) in [6, 6.07) is 4.04. The van der Waals surface area contributed by atoms with Crippen molar-refractivity contribution in [1.82, 2.24) is 20.5 Å². The van der Waals surface area contributed by atoms with Crippen LogP contribution in [0.2, 0.25) is 0 Å². The predicted molar refractivity (Wildman–Crippen MR) is 96.6 cm³/mol. The lowest BCUT2D eigenvalue weighted by atomic mass is 9.82. The molecule has 0 saturated heterocycles. The van der Waals surface area contributed by atoms with Crippen LogP contribution in [0.4, 0.5) is 4.79 Å². The number of carbonyl (C=O) groups is 1. The van der Waals surface area contributed by atoms with Gasteiger partial charge in [0.25, 0.3) is 0 Å². The number of nitrogens with one attached hydrogen (secondary N) is 2. The van der Waals surface area contributed by atoms with Crippen molar-refractivity contribution in [2.45, 2.75) is 45.1 Å². The number of alkyl carbamates (subject to hydrolysis) is 1. The smallest absolute Gasteiger partial charge is 0.407 e. The van der Waals surface area contributed by atoms with Crippen LogP contribution in [0.5, 0.6) is 0 Å². The summed E-state index contributed by atoms with van der Waals surface area (Å²) in [6.07, 6.45) is 5.76. The van der Waals surface area contributed by atoms with Gasteiger partial charge in [-0.2, -0.15) is 5.10 Å². The van der Waals surface area contributed by atoms with Gasteiger partial charge in [0.1, 0.15) is 0 Å². The first kappa shape index (κ1) is 15.9. The molecule has 0 aliphatic heterocycles. The number of nitrogens with zero attached hydrogens (tertiary/aromatic N) is 2. The van der Waals surface area contributed by atoms with Gasteiger partial charge < -0.3 is 10.1 Å². The Bertz CT molecular complexity index is 974. The zero-order chi connectivity index (χ0) is 17.6. The van der Waals surface area contributed by atoms with Crippen molar-refractivity contribution < 1.29 is 9.53 Å². The van der Waals surface area contributed by atoms with Crippen molar-refractivity contribution in [3.63, 3.8) is 0 Å². The van der Waals surface area contributed by atoms with Crippen molar-refractivity contribution >= 4 is 27.9 Å². The fraction of sp³-hybridized carbons (Fsp3) is 0.421. The van der Waals surface area contributed by atoms with E-state index in [1.54, 1.807) is 0 Å². The number of aryl methyl sites for hydroxylation is 1. The van der Waals surface area contributed by atoms with E-state index in [0.29, 0.717) is 0 Å². The number of pyridine rings is 1. The summed E-state index contributed by atoms with van der Waals surface area (Å²) in [5.74, 6) is 0. The fourth-order valence-corrected chi connectivity index (χ4v) is 3.93. The second-order valence-corrected chi connectivity index (χ2v) is 7.16. The van der Waals surface area contributed by atoms with E-state index in [2.05, 4.69) is 15.5 Å². The first-order valence-electron chi connectivity index (χ1n) is 8.65. The van der Waals surface area contributed by atoms with Crippen LogP contribution in [0.1, 0.15) is 43.5 Å². The Morgan fingerprint density at radius 1 is 1.24 bits per heavy atom. The quantitative estimate of drug-likeness (QED) is 0.748. The summed E-state index contributed by atoms with van der Waals surface area (Å²) in [5.41, 5.74) is 4.91. The Balaban J connectivity index is 2.00. The second kappa shape index (κ2) is 5.72. The molecule has 6 heteroatoms. The summed E-state index contributed by atoms with van der Waals surface area (Å²) in [6.45, 7) is 3.95. The average Bonchev–Trinajstić information content (AvgIpc) is 3.09. The molecule has 1 aliphatic rings. The summed E-state index contributed by atoms with van der Waals surface area (Å²) < 4.78 is 4.80. The van der Waals surface area contributed by atoms with Gasteiger partial charge in [-0.3, -0.25) is 10.1 Å². The van der Waals surface area contributed by atoms with Crippen LogP contribution in [-0.2, 0) is 23.1 Å². The molecule has 0 saturated carbocycles. The molecule has 2 N–H and O–H groups in total. The lowest BCUT2D eigenvalue weighted by Crippen LogP contribution is -2.42. The highest BCUT2D eigenvalue weighted by Crippen LogP contribution is 2.37. The van der Waals surface area contributed by atoms with E-state index < -0.39 is 11.6 Å². The van der Waals surface area contributed by atoms with Crippen molar-refractivity contribution in [3.05, 3.63) is 35.2 Å². The molecule has 0 bridgehead atoms. The van der Waals surface area contributed by atoms with Gasteiger partial charge >= 0.3 is 6.09 Å². The molecule has 0 spiro atoms. The second-order valence-electron chi connectivity index (χ2n) is 7.16. The van der Waals surface area contributed by atoms with Gasteiger partial charge in [-0.05, 0) is 62.8 Å². The average molecular weight is 338 g/mol. The molecule has 0 atom stereocenters. The third-order valence-electron chi connectivity index (χ3n) is 5.08. The van der Waals surface area contributed by atoms with E-state index in [-0.39, 0.29) is 0 Å². The number of ether oxygens (including phenoxy) is 1. The van der Waals surface area contributed by atoms with Crippen molar-refractivity contribution in [2.75, 3.05) is 7.11 Å². The Hall–Kier alpha value is -2.63. The van der Waals surface area contributed by atoms with E-state index in [9.17, 15) is 4.79 Å². The minimum atomic E-state index is -0.603. The van der Waals surface area contributed by atoms with Gasteiger partial charge in [0.15, 0.2) is 0 Å². The summed E-state index contributed by atoms with van der Waals surface area (Å²) in [7, 11) is 1.38. The Morgan fingerprint density at radius 3 is 2.76 bits per heavy atom. The zero-order valence-electron chi connectivity index (χ0n) is 14.8. The number of methoxy groups -OCH3 is 1. The maximum absolute atomic E-state index is 11.8. The molecule has 130 valence electrons. The molecule has 0 radical (unpaired) electrons. The van der Waals surface area contributed by atoms with Crippen LogP contribution in [0.25, 0.3) is 21.8 Å². The maximum Gasteiger partial charge on any atom is 0.407 e. The minimum absolute atomic E-state index is 0.443. The lowest BCUT2D eigenvalue weighted by molar-refractivity contribution is 0.159. The number of benzene rings is 1. The predicted octanol–water partition coefficient (Wildman–Crippen LogP) is 3.58. The number of H-pyrrole nitrogens is 1. The molecule has 1 aliphatic carbocycles. The molecule has 2 aromatic heterocycles. The molecule has 0 unspecified atom stereocenters. The van der Waals surface area contributed by atoms with Crippen molar-refractivity contribution in [1.29, 1.82) is 0 Å². The first-order chi connectivity index (χ1) is 12.0. The zero-order valence-corrected chi connectivity index (χ0v) is 14.8. The number of amides is 1. The largest absolute Gasteiger partial charge is 0.453 e. The van der Waals surface area contributed by atoms with Gasteiger partial charge in [-0.25, -0.2) is 4.79 Å². The van der Waals surface area contributed by atoms with Crippen LogP contribution in [0.15, 0.2) is 18.3 Å². The monoisotopic (exact) mass is 338 g/mol. The summed E-state index contributed by atoms with van der Waals surface area (Å²) in [4.78, 5) is 16.8. The third kappa shape index (κ3) is 2.52. The topological polar surface area (TPSA) is 79.9 Å². The Kier molecular flexibility index (Phi) is 3.63. The number of aromatic nitrogens is 3. The van der Waals surface area contributed by atoms with Gasteiger partial charge in [-0.15, -0.1) is 0 Å². The maximum atomic E-state index is 11.8. The number of hydrogen-bond donors (Lipinski definition) is 2. The molecule has 0 fully saturated rings. The summed E-state index contributed by atoms with van der Waals surface area (Å²) in [5, 5.41) is 12.5. The van der Waals surface area contributed by atoms with Crippen LogP contribution in [0.3, 0.4) is 0 Å². The van der Waals surface area contributed by atoms with Crippen molar-refractivity contribution in [3.8, 4) is 0 Å². The van der Waals surface area contributed by atoms with E-state index in [4.69, 9.17) is 9.72 Å². The molecule has 6 nitrogen and oxygen atoms in total. The first-order valence-corrected chi connectivity index (χ1v) is 8.65. The van der Waals surface area contributed by atoms with Crippen LogP contribution < -0.4 is 5.32 Å². The number of fused-ring (bicyclic) bond motifs is 5. The molecule has 1 amide bonds. The van der Waals surface area contributed by atoms with E-state index in [1.807, 2.05) is 32.2 Å². The highest BCUT2D eigenvalue weighted by atomic mass is 16.5. The molecule has 3 aromatic rings. The minimum Gasteiger partial charge on any atom is -0.453 e. The van der Waals surface area contributed by atoms with Crippen LogP contribution in [-0.4, -0.2) is 28.4 Å². The Labute approximate surface area is 146 Å². The highest BCUT2D eigenvalue weighted by molar-refractivity contribution is 6.07. The SMILES string of the molecule is COC(=O)NC(C)(C)c1nc2ccc3[nH]ncc3c2c2c1CCCC2. The van der Waals surface area contributed by atoms with Crippen LogP contribution >= 0.6 is 0 Å². The van der Waals surface area contributed by atoms with E-state index in [0.717, 1.165) is 41.4 Å². The molecule has 4 rings (SSSR count). The molecule has 25 heavy (non-hydrogen) atoms. The number of carbonyl (C=O) groups excluding carboxylic acids is 1. The van der Waals surface area contributed by atoms with Crippen molar-refractivity contribution in [2.24, 2.45) is 0 Å². The van der Waals surface area contributed by atoms with Gasteiger partial charge in [0.05, 0.1) is 35.6 Å². The molecule has 1 aromatic carbocycles. The molecular weight excluding hydrogens is 316 g/mol. The fourth-order valence-electron chi connectivity index (χ4n) is 3.93. The molecular formula is C19H22N4O2. The lowest BCUT2D eigenvalue weighted by Gasteiger charge is -2.31. The number of rotatable bonds is 2. The Morgan fingerprint density at radius 2 is 2.00 bits per heavy atom. The normalized spacial score (nSPS) is 14.5. The van der Waals surface area contributed by atoms with E-state index in [1.165, 1.54) is 30.0 Å². The van der Waals surface area contributed by atoms with Gasteiger partial charge in [0.2, 0.25) is 0 Å². The number of hydrogen-bond acceptors (Lipinski definition) is 4.